The molecule has 0 spiro atoms. The molecule has 23 N–H and O–H groups in total. The molecule has 4 aliphatic heterocycles. The number of carbonyl (C=O) groups is 14. The molecular formula is C69H101BN14O20S2. The van der Waals surface area contributed by atoms with E-state index < -0.39 is 108 Å². The van der Waals surface area contributed by atoms with Crippen LogP contribution in [-0.2, 0) is 80.0 Å². The zero-order chi connectivity index (χ0) is 77.2. The molecule has 6 aliphatic rings. The number of ketones is 6. The zero-order valence-electron chi connectivity index (χ0n) is 59.3. The van der Waals surface area contributed by atoms with Crippen molar-refractivity contribution in [3.05, 3.63) is 82.8 Å². The number of aromatic hydroxyl groups is 2. The monoisotopic (exact) mass is 1520 g/mol. The summed E-state index contributed by atoms with van der Waals surface area (Å²) in [5.74, 6) is -6.87. The normalized spacial score (nSPS) is 22.1. The Labute approximate surface area is 623 Å². The molecule has 2 aromatic carbocycles. The van der Waals surface area contributed by atoms with Crippen LogP contribution in [0.5, 0.6) is 11.5 Å². The van der Waals surface area contributed by atoms with Crippen LogP contribution < -0.4 is 65.5 Å². The summed E-state index contributed by atoms with van der Waals surface area (Å²) in [6, 6.07) is 5.95. The molecule has 8 amide bonds. The summed E-state index contributed by atoms with van der Waals surface area (Å²) >= 11 is 4.92. The molecule has 2 aromatic rings. The molecule has 34 nitrogen and oxygen atoms in total. The maximum atomic E-state index is 13.0. The minimum absolute atomic E-state index is 0. The Kier molecular flexibility index (Phi) is 36.2. The predicted octanol–water partition coefficient (Wildman–Crippen LogP) is -5.62. The van der Waals surface area contributed by atoms with E-state index >= 15 is 0 Å². The minimum atomic E-state index is -1.61. The van der Waals surface area contributed by atoms with E-state index in [9.17, 15) is 92.5 Å². The molecule has 0 bridgehead atoms. The number of phenolic OH excluding ortho intramolecular Hbond substituents is 2. The lowest BCUT2D eigenvalue weighted by Crippen LogP contribution is -2.51. The Morgan fingerprint density at radius 3 is 1.54 bits per heavy atom. The van der Waals surface area contributed by atoms with Gasteiger partial charge in [0.2, 0.25) is 47.3 Å². The number of nitrogens with two attached hydrogens (primary N) is 4. The van der Waals surface area contributed by atoms with Gasteiger partial charge in [0, 0.05) is 62.6 Å². The second-order valence-electron chi connectivity index (χ2n) is 26.9. The third-order valence-electron chi connectivity index (χ3n) is 18.9. The van der Waals surface area contributed by atoms with Gasteiger partial charge in [0.15, 0.2) is 34.7 Å². The number of likely N-dealkylation sites (tertiary alicyclic amines) is 2. The second kappa shape index (κ2) is 43.5. The molecule has 4 saturated heterocycles. The average molecular weight is 1520 g/mol. The molecule has 0 saturated carbocycles. The number of aliphatic hydroxyl groups is 1. The molecule has 2 aliphatic carbocycles. The van der Waals surface area contributed by atoms with Gasteiger partial charge in [0.05, 0.1) is 96.8 Å². The minimum Gasteiger partial charge on any atom is -0.508 e. The number of thiol groups is 1. The smallest absolute Gasteiger partial charge is 0.475 e. The van der Waals surface area contributed by atoms with E-state index in [0.717, 1.165) is 35.7 Å². The highest BCUT2D eigenvalue weighted by atomic mass is 32.2. The summed E-state index contributed by atoms with van der Waals surface area (Å²) in [4.78, 5) is 175. The van der Waals surface area contributed by atoms with Crippen LogP contribution in [0.1, 0.15) is 102 Å². The van der Waals surface area contributed by atoms with Crippen molar-refractivity contribution in [2.75, 3.05) is 57.4 Å². The highest BCUT2D eigenvalue weighted by molar-refractivity contribution is 8.04. The number of nitrogens with one attached hydrogen (secondary N) is 8. The van der Waals surface area contributed by atoms with Gasteiger partial charge in [-0.15, -0.1) is 11.8 Å². The molecule has 8 rings (SSSR count). The predicted molar refractivity (Wildman–Crippen MR) is 392 cm³/mol. The van der Waals surface area contributed by atoms with Crippen LogP contribution in [0.3, 0.4) is 0 Å². The zero-order valence-corrected chi connectivity index (χ0v) is 61.0. The van der Waals surface area contributed by atoms with Crippen molar-refractivity contribution in [2.24, 2.45) is 34.8 Å². The van der Waals surface area contributed by atoms with E-state index in [-0.39, 0.29) is 157 Å². The summed E-state index contributed by atoms with van der Waals surface area (Å²) in [7, 11) is -1.61. The molecule has 4 fully saturated rings. The number of benzene rings is 2. The number of phenols is 2. The maximum absolute atomic E-state index is 13.0. The maximum Gasteiger partial charge on any atom is 0.475 e. The Morgan fingerprint density at radius 2 is 1.08 bits per heavy atom. The third-order valence-corrected chi connectivity index (χ3v) is 20.4. The molecular weight excluding hydrogens is 1420 g/mol. The molecule has 582 valence electrons. The largest absolute Gasteiger partial charge is 0.508 e. The Hall–Kier alpha value is -8.34. The topological polar surface area (TPSA) is 578 Å². The van der Waals surface area contributed by atoms with Crippen LogP contribution in [0.25, 0.3) is 0 Å². The van der Waals surface area contributed by atoms with Crippen LogP contribution in [0.15, 0.2) is 71.7 Å². The van der Waals surface area contributed by atoms with Gasteiger partial charge in [0.1, 0.15) is 11.5 Å². The van der Waals surface area contributed by atoms with E-state index in [1.807, 2.05) is 0 Å². The fourth-order valence-electron chi connectivity index (χ4n) is 12.7. The highest BCUT2D eigenvalue weighted by Gasteiger charge is 2.43. The number of primary amides is 2. The lowest BCUT2D eigenvalue weighted by molar-refractivity contribution is -0.135. The van der Waals surface area contributed by atoms with Gasteiger partial charge >= 0.3 is 7.12 Å². The van der Waals surface area contributed by atoms with E-state index in [1.165, 1.54) is 61.2 Å². The van der Waals surface area contributed by atoms with Crippen LogP contribution in [0, 0.1) is 11.8 Å². The number of aliphatic hydroxyl groups excluding tert-OH is 1. The second-order valence-corrected chi connectivity index (χ2v) is 28.3. The van der Waals surface area contributed by atoms with Gasteiger partial charge in [-0.2, -0.15) is 12.6 Å². The number of carbonyl (C=O) groups excluding carboxylic acids is 14. The Bertz CT molecular complexity index is 3490. The van der Waals surface area contributed by atoms with E-state index in [4.69, 9.17) is 22.9 Å². The number of thioether (sulfide) groups is 1. The first-order valence-corrected chi connectivity index (χ1v) is 36.7. The Morgan fingerprint density at radius 1 is 0.642 bits per heavy atom. The number of hydrogen-bond donors (Lipinski definition) is 18. The van der Waals surface area contributed by atoms with Gasteiger partial charge in [-0.3, -0.25) is 77.8 Å². The molecule has 13 atom stereocenters. The number of allylic oxidation sites excluding steroid dienone is 4. The molecule has 106 heavy (non-hydrogen) atoms. The number of amides is 8. The molecule has 0 radical (unpaired) electrons. The lowest BCUT2D eigenvalue weighted by Gasteiger charge is -2.26. The summed E-state index contributed by atoms with van der Waals surface area (Å²) in [6.07, 6.45) is 9.66. The third kappa shape index (κ3) is 27.2. The van der Waals surface area contributed by atoms with Crippen LogP contribution >= 0.6 is 24.4 Å². The Balaban J connectivity index is 0.000000318. The van der Waals surface area contributed by atoms with Crippen molar-refractivity contribution in [1.29, 1.82) is 0 Å². The number of Topliss-reactive ketones (excluding diaryl/α,β-unsaturated/α-hetero) is 3. The van der Waals surface area contributed by atoms with Crippen LogP contribution in [0.4, 0.5) is 0 Å². The van der Waals surface area contributed by atoms with Crippen molar-refractivity contribution in [3.8, 4) is 11.5 Å². The van der Waals surface area contributed by atoms with Gasteiger partial charge < -0.3 is 95.5 Å². The van der Waals surface area contributed by atoms with Crippen molar-refractivity contribution < 1.29 is 98.0 Å². The van der Waals surface area contributed by atoms with Crippen LogP contribution in [0.2, 0.25) is 0 Å². The number of nitrogens with zero attached hydrogens (tertiary/aromatic N) is 2. The van der Waals surface area contributed by atoms with E-state index in [2.05, 4.69) is 55.2 Å². The SMILES string of the molecule is C[C@@H](NC(=O)[C@@H](N)Cc1ccc(O)cc1)C(=O)CN[C@@H](CS)C(N)=O.C[C@@H](NC(=O)[C@@H](N)Cc1ccc(O)cc1)C(=O)CN[C@@H](CSC1=CC(=O)C(CCCC(=O)NC2CN[C@H](C(=O)N3CCC[C@H]3B(O)O)C2)C1=O)C(N)=O.O.O=C(CCCC1C(=O)C=CC1=O)NC1CN[C@H](C(=O)N2CCC[C@H]2CO)C1. The first-order valence-electron chi connectivity index (χ1n) is 35.1. The van der Waals surface area contributed by atoms with Gasteiger partial charge in [-0.1, -0.05) is 24.3 Å². The molecule has 4 heterocycles. The molecule has 0 aromatic heterocycles. The van der Waals surface area contributed by atoms with Crippen LogP contribution in [-0.4, -0.2) is 260 Å². The summed E-state index contributed by atoms with van der Waals surface area (Å²) in [6.45, 7) is 4.57. The van der Waals surface area contributed by atoms with Crippen molar-refractivity contribution >= 4 is 113 Å². The van der Waals surface area contributed by atoms with Gasteiger partial charge in [0.25, 0.3) is 0 Å². The molecule has 37 heteroatoms. The van der Waals surface area contributed by atoms with E-state index in [0.29, 0.717) is 64.7 Å². The number of hydrogen-bond acceptors (Lipinski definition) is 27. The van der Waals surface area contributed by atoms with Crippen molar-refractivity contribution in [2.45, 2.75) is 176 Å². The first kappa shape index (κ1) is 88.3. The summed E-state index contributed by atoms with van der Waals surface area (Å²) in [5, 5.41) is 69.7. The summed E-state index contributed by atoms with van der Waals surface area (Å²) < 4.78 is 0. The lowest BCUT2D eigenvalue weighted by atomic mass is 9.77. The average Bonchev–Trinajstić information content (AvgIpc) is 1.69. The van der Waals surface area contributed by atoms with Gasteiger partial charge in [-0.05, 0) is 145 Å². The quantitative estimate of drug-likeness (QED) is 0.0172. The molecule has 3 unspecified atom stereocenters. The summed E-state index contributed by atoms with van der Waals surface area (Å²) in [5.41, 5.74) is 24.0. The number of rotatable bonds is 36. The fraction of sp³-hybridized carbons (Fsp3) is 0.565. The van der Waals surface area contributed by atoms with Crippen molar-refractivity contribution in [3.63, 3.8) is 0 Å². The standard InChI is InChI=1S/C34H48BN7O10S.C19H27N3O5.C16H24N4O4S.H2O/c1-18(40-33(49)23(36)12-19-7-9-21(43)10-8-19)27(45)16-39-25(32(37)48)17-53-28-14-26(44)22(31(28)47)4-2-6-30(46)41-20-13-24(38-15-20)34(50)42-11-3-5-29(42)35(51)52;23-11-13-3-2-8-22(13)19(27)15-9-12(10-20-15)21-18(26)5-1-4-14-16(24)6-7-17(14)25;1-9(14(22)7-19-13(8-25)15(18)23)20-16(24)12(17)6-10-2-4-11(21)5-3-10;/h7-10,14,18,20,22-25,29,38-39,43,51-52H,2-6,11-13,15-17,36H2,1H3,(H2,37,48)(H,40,49)(H,41,46);6-7,12-15,20,23H,1-5,8-11H2,(H,21,26);2-5,9,12-13,19,21,25H,6-8,17H2,1H3,(H2,18,23)(H,20,24);1H2/t18-,20?,22?,23+,24+,25+,29+;12?,13-,15-;9-,12+,13+;/m101./s1. The van der Waals surface area contributed by atoms with Gasteiger partial charge in [-0.25, -0.2) is 0 Å². The fourth-order valence-corrected chi connectivity index (χ4v) is 14.1. The highest BCUT2D eigenvalue weighted by Crippen LogP contribution is 2.31. The van der Waals surface area contributed by atoms with Crippen molar-refractivity contribution in [1.82, 2.24) is 52.3 Å². The first-order chi connectivity index (χ1) is 49.9. The van der Waals surface area contributed by atoms with E-state index in [1.54, 1.807) is 29.2 Å².